The second-order valence-corrected chi connectivity index (χ2v) is 10.1. The van der Waals surface area contributed by atoms with Crippen molar-refractivity contribution in [3.63, 3.8) is 0 Å². The highest BCUT2D eigenvalue weighted by atomic mass is 32.2. The molecule has 1 unspecified atom stereocenters. The third-order valence-corrected chi connectivity index (χ3v) is 7.71. The number of pyridine rings is 1. The first-order valence-electron chi connectivity index (χ1n) is 10.8. The standard InChI is InChI=1S/C25H27N3O4S/c1-19-5-11-23(12-6-19)33(30,31)27(2)21-7-9-22(10-8-21)32-18-25(29)28-17-3-4-24(28)20-13-15-26-16-14-20/h5-16,24H,3-4,17-18H2,1-2H3. The summed E-state index contributed by atoms with van der Waals surface area (Å²) in [6.07, 6.45) is 5.36. The van der Waals surface area contributed by atoms with Crippen molar-refractivity contribution in [1.82, 2.24) is 9.88 Å². The number of ether oxygens (including phenoxy) is 1. The van der Waals surface area contributed by atoms with E-state index in [9.17, 15) is 13.2 Å². The Balaban J connectivity index is 1.38. The predicted molar refractivity (Wildman–Crippen MR) is 127 cm³/mol. The van der Waals surface area contributed by atoms with E-state index in [1.165, 1.54) is 11.4 Å². The molecule has 8 heteroatoms. The van der Waals surface area contributed by atoms with Gasteiger partial charge in [0.05, 0.1) is 16.6 Å². The maximum atomic E-state index is 12.9. The molecule has 7 nitrogen and oxygen atoms in total. The summed E-state index contributed by atoms with van der Waals surface area (Å²) in [4.78, 5) is 18.9. The summed E-state index contributed by atoms with van der Waals surface area (Å²) in [6, 6.07) is 17.4. The molecule has 1 fully saturated rings. The quantitative estimate of drug-likeness (QED) is 0.528. The van der Waals surface area contributed by atoms with Gasteiger partial charge in [-0.2, -0.15) is 0 Å². The van der Waals surface area contributed by atoms with Crippen molar-refractivity contribution in [2.24, 2.45) is 0 Å². The summed E-state index contributed by atoms with van der Waals surface area (Å²) >= 11 is 0. The molecule has 1 amide bonds. The molecule has 33 heavy (non-hydrogen) atoms. The summed E-state index contributed by atoms with van der Waals surface area (Å²) in [5, 5.41) is 0. The van der Waals surface area contributed by atoms with Gasteiger partial charge in [0.1, 0.15) is 5.75 Å². The molecule has 2 heterocycles. The largest absolute Gasteiger partial charge is 0.484 e. The number of rotatable bonds is 7. The Labute approximate surface area is 194 Å². The van der Waals surface area contributed by atoms with Crippen LogP contribution in [0.15, 0.2) is 78.0 Å². The minimum Gasteiger partial charge on any atom is -0.484 e. The van der Waals surface area contributed by atoms with E-state index in [0.717, 1.165) is 24.0 Å². The van der Waals surface area contributed by atoms with Crippen LogP contribution in [0.3, 0.4) is 0 Å². The molecule has 3 aromatic rings. The molecule has 0 bridgehead atoms. The zero-order valence-corrected chi connectivity index (χ0v) is 19.5. The van der Waals surface area contributed by atoms with Gasteiger partial charge in [-0.25, -0.2) is 8.42 Å². The molecule has 1 aromatic heterocycles. The molecule has 0 spiro atoms. The second-order valence-electron chi connectivity index (χ2n) is 8.09. The molecule has 1 saturated heterocycles. The van der Waals surface area contributed by atoms with Crippen LogP contribution >= 0.6 is 0 Å². The molecule has 0 aliphatic carbocycles. The third kappa shape index (κ3) is 5.01. The molecule has 4 rings (SSSR count). The smallest absolute Gasteiger partial charge is 0.264 e. The van der Waals surface area contributed by atoms with E-state index in [0.29, 0.717) is 18.0 Å². The van der Waals surface area contributed by atoms with Crippen LogP contribution in [0.5, 0.6) is 5.75 Å². The van der Waals surface area contributed by atoms with Crippen LogP contribution in [0.2, 0.25) is 0 Å². The van der Waals surface area contributed by atoms with Crippen LogP contribution < -0.4 is 9.04 Å². The number of hydrogen-bond acceptors (Lipinski definition) is 5. The Morgan fingerprint density at radius 3 is 2.39 bits per heavy atom. The van der Waals surface area contributed by atoms with Gasteiger partial charge in [0.15, 0.2) is 6.61 Å². The fourth-order valence-corrected chi connectivity index (χ4v) is 5.18. The van der Waals surface area contributed by atoms with E-state index in [-0.39, 0.29) is 23.5 Å². The number of sulfonamides is 1. The third-order valence-electron chi connectivity index (χ3n) is 5.91. The molecular formula is C25H27N3O4S. The van der Waals surface area contributed by atoms with Crippen LogP contribution in [0.1, 0.15) is 30.0 Å². The first kappa shape index (κ1) is 22.8. The van der Waals surface area contributed by atoms with Gasteiger partial charge in [0.2, 0.25) is 0 Å². The van der Waals surface area contributed by atoms with Gasteiger partial charge < -0.3 is 9.64 Å². The number of carbonyl (C=O) groups excluding carboxylic acids is 1. The number of amides is 1. The Bertz CT molecular complexity index is 1200. The fraction of sp³-hybridized carbons (Fsp3) is 0.280. The molecule has 1 aliphatic rings. The Hall–Kier alpha value is -3.39. The van der Waals surface area contributed by atoms with Gasteiger partial charge in [0, 0.05) is 26.0 Å². The second kappa shape index (κ2) is 9.62. The van der Waals surface area contributed by atoms with Crippen molar-refractivity contribution in [2.75, 3.05) is 24.5 Å². The SMILES string of the molecule is Cc1ccc(S(=O)(=O)N(C)c2ccc(OCC(=O)N3CCCC3c3ccncc3)cc2)cc1. The van der Waals surface area contributed by atoms with Gasteiger partial charge in [-0.3, -0.25) is 14.1 Å². The van der Waals surface area contributed by atoms with Crippen molar-refractivity contribution in [1.29, 1.82) is 0 Å². The molecule has 172 valence electrons. The highest BCUT2D eigenvalue weighted by molar-refractivity contribution is 7.92. The number of carbonyl (C=O) groups is 1. The summed E-state index contributed by atoms with van der Waals surface area (Å²) in [5.41, 5.74) is 2.58. The highest BCUT2D eigenvalue weighted by Gasteiger charge is 2.30. The van der Waals surface area contributed by atoms with E-state index < -0.39 is 10.0 Å². The monoisotopic (exact) mass is 465 g/mol. The zero-order chi connectivity index (χ0) is 23.4. The van der Waals surface area contributed by atoms with Crippen LogP contribution in [0, 0.1) is 6.92 Å². The van der Waals surface area contributed by atoms with Crippen LogP contribution in [0.25, 0.3) is 0 Å². The van der Waals surface area contributed by atoms with Gasteiger partial charge in [-0.05, 0) is 73.9 Å². The van der Waals surface area contributed by atoms with Crippen molar-refractivity contribution < 1.29 is 17.9 Å². The number of benzene rings is 2. The summed E-state index contributed by atoms with van der Waals surface area (Å²) < 4.78 is 32.7. The number of likely N-dealkylation sites (tertiary alicyclic amines) is 1. The zero-order valence-electron chi connectivity index (χ0n) is 18.7. The number of nitrogens with zero attached hydrogens (tertiary/aromatic N) is 3. The lowest BCUT2D eigenvalue weighted by molar-refractivity contribution is -0.134. The number of aromatic nitrogens is 1. The molecule has 0 N–H and O–H groups in total. The first-order chi connectivity index (χ1) is 15.9. The van der Waals surface area contributed by atoms with E-state index in [1.807, 2.05) is 24.0 Å². The van der Waals surface area contributed by atoms with Crippen LogP contribution in [0.4, 0.5) is 5.69 Å². The van der Waals surface area contributed by atoms with Gasteiger partial charge in [-0.15, -0.1) is 0 Å². The molecule has 2 aromatic carbocycles. The van der Waals surface area contributed by atoms with Crippen LogP contribution in [-0.2, 0) is 14.8 Å². The lowest BCUT2D eigenvalue weighted by Crippen LogP contribution is -2.34. The number of hydrogen-bond donors (Lipinski definition) is 0. The molecular weight excluding hydrogens is 438 g/mol. The Morgan fingerprint density at radius 2 is 1.73 bits per heavy atom. The molecule has 0 saturated carbocycles. The number of anilines is 1. The lowest BCUT2D eigenvalue weighted by Gasteiger charge is -2.25. The summed E-state index contributed by atoms with van der Waals surface area (Å²) in [7, 11) is -2.15. The lowest BCUT2D eigenvalue weighted by atomic mass is 10.1. The van der Waals surface area contributed by atoms with E-state index >= 15 is 0 Å². The maximum absolute atomic E-state index is 12.9. The van der Waals surface area contributed by atoms with E-state index in [4.69, 9.17) is 4.74 Å². The molecule has 0 radical (unpaired) electrons. The molecule has 1 atom stereocenters. The highest BCUT2D eigenvalue weighted by Crippen LogP contribution is 2.31. The van der Waals surface area contributed by atoms with E-state index in [2.05, 4.69) is 4.98 Å². The minimum atomic E-state index is -3.66. The number of aryl methyl sites for hydroxylation is 1. The Kier molecular flexibility index (Phi) is 6.65. The van der Waals surface area contributed by atoms with Crippen molar-refractivity contribution in [2.45, 2.75) is 30.7 Å². The maximum Gasteiger partial charge on any atom is 0.264 e. The average Bonchev–Trinajstić information content (AvgIpc) is 3.33. The predicted octanol–water partition coefficient (Wildman–Crippen LogP) is 3.96. The van der Waals surface area contributed by atoms with E-state index in [1.54, 1.807) is 60.9 Å². The van der Waals surface area contributed by atoms with Crippen LogP contribution in [-0.4, -0.2) is 44.4 Å². The fourth-order valence-electron chi connectivity index (χ4n) is 3.98. The molecule has 1 aliphatic heterocycles. The summed E-state index contributed by atoms with van der Waals surface area (Å²) in [5.74, 6) is 0.436. The first-order valence-corrected chi connectivity index (χ1v) is 12.3. The van der Waals surface area contributed by atoms with Crippen molar-refractivity contribution in [3.05, 3.63) is 84.2 Å². The summed E-state index contributed by atoms with van der Waals surface area (Å²) in [6.45, 7) is 2.54. The average molecular weight is 466 g/mol. The van der Waals surface area contributed by atoms with Gasteiger partial charge in [0.25, 0.3) is 15.9 Å². The Morgan fingerprint density at radius 1 is 1.06 bits per heavy atom. The topological polar surface area (TPSA) is 79.8 Å². The van der Waals surface area contributed by atoms with Gasteiger partial charge in [-0.1, -0.05) is 17.7 Å². The van der Waals surface area contributed by atoms with Crippen molar-refractivity contribution >= 4 is 21.6 Å². The van der Waals surface area contributed by atoms with Crippen molar-refractivity contribution in [3.8, 4) is 5.75 Å². The normalized spacial score (nSPS) is 15.9. The minimum absolute atomic E-state index is 0.0482. The van der Waals surface area contributed by atoms with Gasteiger partial charge >= 0.3 is 0 Å².